The van der Waals surface area contributed by atoms with Crippen molar-refractivity contribution in [1.82, 2.24) is 4.57 Å². The van der Waals surface area contributed by atoms with Gasteiger partial charge in [-0.1, -0.05) is 54.7 Å². The lowest BCUT2D eigenvalue weighted by atomic mass is 10.1. The second kappa shape index (κ2) is 6.18. The Kier molecular flexibility index (Phi) is 3.86. The number of aryl methyl sites for hydroxylation is 1. The molecule has 0 saturated carbocycles. The van der Waals surface area contributed by atoms with E-state index in [1.165, 1.54) is 4.57 Å². The first kappa shape index (κ1) is 15.6. The highest BCUT2D eigenvalue weighted by Gasteiger charge is 2.18. The Hall–Kier alpha value is -2.92. The van der Waals surface area contributed by atoms with E-state index in [0.29, 0.717) is 4.88 Å². The SMILES string of the molecule is CCc1ccccc1-n1c(O)c(C=C2C=Nc3ccccc32)sc1=O. The first-order valence-corrected chi connectivity index (χ1v) is 8.89. The summed E-state index contributed by atoms with van der Waals surface area (Å²) in [5.74, 6) is -0.0267. The van der Waals surface area contributed by atoms with Gasteiger partial charge in [-0.3, -0.25) is 9.79 Å². The Morgan fingerprint density at radius 2 is 1.92 bits per heavy atom. The van der Waals surface area contributed by atoms with E-state index in [2.05, 4.69) is 4.99 Å². The van der Waals surface area contributed by atoms with Crippen LogP contribution < -0.4 is 4.87 Å². The third-order valence-electron chi connectivity index (χ3n) is 4.27. The molecular formula is C20H16N2O2S. The van der Waals surface area contributed by atoms with Gasteiger partial charge in [0.15, 0.2) is 0 Å². The van der Waals surface area contributed by atoms with E-state index in [0.717, 1.165) is 45.8 Å². The van der Waals surface area contributed by atoms with Gasteiger partial charge < -0.3 is 5.11 Å². The van der Waals surface area contributed by atoms with Gasteiger partial charge in [-0.2, -0.15) is 0 Å². The molecular weight excluding hydrogens is 332 g/mol. The van der Waals surface area contributed by atoms with Gasteiger partial charge in [0.25, 0.3) is 0 Å². The molecule has 0 amide bonds. The summed E-state index contributed by atoms with van der Waals surface area (Å²) in [5.41, 5.74) is 4.54. The van der Waals surface area contributed by atoms with Crippen molar-refractivity contribution >= 4 is 34.9 Å². The molecule has 0 saturated heterocycles. The van der Waals surface area contributed by atoms with Crippen molar-refractivity contribution in [3.05, 3.63) is 74.2 Å². The summed E-state index contributed by atoms with van der Waals surface area (Å²) < 4.78 is 1.38. The van der Waals surface area contributed by atoms with Crippen molar-refractivity contribution in [3.8, 4) is 11.6 Å². The van der Waals surface area contributed by atoms with E-state index in [1.54, 1.807) is 6.21 Å². The van der Waals surface area contributed by atoms with E-state index >= 15 is 0 Å². The van der Waals surface area contributed by atoms with Crippen LogP contribution in [0.3, 0.4) is 0 Å². The summed E-state index contributed by atoms with van der Waals surface area (Å²) in [6.45, 7) is 2.03. The second-order valence-electron chi connectivity index (χ2n) is 5.75. The van der Waals surface area contributed by atoms with E-state index in [9.17, 15) is 9.90 Å². The zero-order valence-electron chi connectivity index (χ0n) is 13.6. The molecule has 1 N–H and O–H groups in total. The number of hydrogen-bond donors (Lipinski definition) is 1. The third-order valence-corrected chi connectivity index (χ3v) is 5.15. The molecule has 25 heavy (non-hydrogen) atoms. The molecule has 1 aromatic heterocycles. The number of thiazole rings is 1. The van der Waals surface area contributed by atoms with Crippen molar-refractivity contribution in [1.29, 1.82) is 0 Å². The monoisotopic (exact) mass is 348 g/mol. The second-order valence-corrected chi connectivity index (χ2v) is 6.74. The highest BCUT2D eigenvalue weighted by Crippen LogP contribution is 2.35. The average molecular weight is 348 g/mol. The Balaban J connectivity index is 1.84. The summed E-state index contributed by atoms with van der Waals surface area (Å²) in [4.78, 5) is 17.2. The lowest BCUT2D eigenvalue weighted by molar-refractivity contribution is 0.439. The van der Waals surface area contributed by atoms with Gasteiger partial charge in [-0.05, 0) is 30.2 Å². The van der Waals surface area contributed by atoms with Crippen molar-refractivity contribution in [2.24, 2.45) is 4.99 Å². The van der Waals surface area contributed by atoms with Crippen LogP contribution in [-0.4, -0.2) is 15.9 Å². The van der Waals surface area contributed by atoms with Crippen LogP contribution in [0.1, 0.15) is 22.9 Å². The number of hydrogen-bond acceptors (Lipinski definition) is 4. The zero-order chi connectivity index (χ0) is 17.4. The molecule has 0 spiro atoms. The predicted molar refractivity (Wildman–Crippen MR) is 103 cm³/mol. The molecule has 2 aromatic carbocycles. The fourth-order valence-corrected chi connectivity index (χ4v) is 3.84. The van der Waals surface area contributed by atoms with Crippen molar-refractivity contribution in [2.75, 3.05) is 0 Å². The van der Waals surface area contributed by atoms with Crippen LogP contribution in [0.2, 0.25) is 0 Å². The number of aromatic hydroxyl groups is 1. The van der Waals surface area contributed by atoms with Crippen molar-refractivity contribution in [3.63, 3.8) is 0 Å². The van der Waals surface area contributed by atoms with Crippen LogP contribution in [-0.2, 0) is 6.42 Å². The molecule has 5 heteroatoms. The van der Waals surface area contributed by atoms with Crippen molar-refractivity contribution in [2.45, 2.75) is 13.3 Å². The number of nitrogens with zero attached hydrogens (tertiary/aromatic N) is 2. The summed E-state index contributed by atoms with van der Waals surface area (Å²) in [6.07, 6.45) is 4.37. The molecule has 124 valence electrons. The molecule has 0 bridgehead atoms. The Labute approximate surface area is 149 Å². The lowest BCUT2D eigenvalue weighted by Gasteiger charge is -2.08. The number of para-hydroxylation sites is 2. The topological polar surface area (TPSA) is 54.6 Å². The molecule has 0 fully saturated rings. The first-order chi connectivity index (χ1) is 12.2. The average Bonchev–Trinajstić information content (AvgIpc) is 3.16. The van der Waals surface area contributed by atoms with Gasteiger partial charge in [0.1, 0.15) is 0 Å². The molecule has 0 radical (unpaired) electrons. The van der Waals surface area contributed by atoms with Gasteiger partial charge in [0.05, 0.1) is 16.3 Å². The molecule has 4 nitrogen and oxygen atoms in total. The highest BCUT2D eigenvalue weighted by atomic mass is 32.1. The maximum absolute atomic E-state index is 12.5. The zero-order valence-corrected chi connectivity index (χ0v) is 14.5. The van der Waals surface area contributed by atoms with Crippen molar-refractivity contribution < 1.29 is 5.11 Å². The van der Waals surface area contributed by atoms with Gasteiger partial charge in [0.2, 0.25) is 5.88 Å². The molecule has 1 aliphatic rings. The number of fused-ring (bicyclic) bond motifs is 1. The van der Waals surface area contributed by atoms with E-state index in [4.69, 9.17) is 0 Å². The fraction of sp³-hybridized carbons (Fsp3) is 0.100. The van der Waals surface area contributed by atoms with Gasteiger partial charge in [-0.15, -0.1) is 0 Å². The predicted octanol–water partition coefficient (Wildman–Crippen LogP) is 4.42. The Morgan fingerprint density at radius 1 is 1.16 bits per heavy atom. The number of rotatable bonds is 3. The molecule has 0 unspecified atom stereocenters. The maximum atomic E-state index is 12.5. The maximum Gasteiger partial charge on any atom is 0.315 e. The minimum atomic E-state index is -0.200. The molecule has 3 aromatic rings. The first-order valence-electron chi connectivity index (χ1n) is 8.07. The van der Waals surface area contributed by atoms with Crippen LogP contribution in [0.15, 0.2) is 58.3 Å². The smallest absolute Gasteiger partial charge is 0.315 e. The molecule has 0 aliphatic carbocycles. The summed E-state index contributed by atoms with van der Waals surface area (Å²) in [6, 6.07) is 15.4. The van der Waals surface area contributed by atoms with Crippen LogP contribution in [0.4, 0.5) is 5.69 Å². The third kappa shape index (κ3) is 2.62. The molecule has 1 aliphatic heterocycles. The lowest BCUT2D eigenvalue weighted by Crippen LogP contribution is -2.11. The summed E-state index contributed by atoms with van der Waals surface area (Å²) >= 11 is 1.04. The minimum Gasteiger partial charge on any atom is -0.493 e. The van der Waals surface area contributed by atoms with Crippen LogP contribution in [0, 0.1) is 0 Å². The fourth-order valence-electron chi connectivity index (χ4n) is 3.01. The minimum absolute atomic E-state index is 0.0267. The quantitative estimate of drug-likeness (QED) is 0.761. The number of allylic oxidation sites excluding steroid dienone is 1. The van der Waals surface area contributed by atoms with E-state index in [1.807, 2.05) is 61.5 Å². The van der Waals surface area contributed by atoms with Gasteiger partial charge in [-0.25, -0.2) is 4.57 Å². The largest absolute Gasteiger partial charge is 0.493 e. The summed E-state index contributed by atoms with van der Waals surface area (Å²) in [7, 11) is 0. The molecule has 2 heterocycles. The standard InChI is InChI=1S/C20H16N2O2S/c1-2-13-7-3-6-10-17(13)22-19(23)18(25-20(22)24)11-14-12-21-16-9-5-4-8-15(14)16/h3-12,23H,2H2,1H3. The van der Waals surface area contributed by atoms with E-state index in [-0.39, 0.29) is 10.8 Å². The molecule has 0 atom stereocenters. The Morgan fingerprint density at radius 3 is 2.76 bits per heavy atom. The normalized spacial score (nSPS) is 14.2. The summed E-state index contributed by atoms with van der Waals surface area (Å²) in [5, 5.41) is 10.7. The molecule has 4 rings (SSSR count). The highest BCUT2D eigenvalue weighted by molar-refractivity contribution is 7.10. The number of benzene rings is 2. The number of aliphatic imine (C=N–C) groups is 1. The van der Waals surface area contributed by atoms with E-state index < -0.39 is 0 Å². The van der Waals surface area contributed by atoms with Crippen LogP contribution >= 0.6 is 11.3 Å². The van der Waals surface area contributed by atoms with Gasteiger partial charge >= 0.3 is 4.87 Å². The number of aromatic nitrogens is 1. The van der Waals surface area contributed by atoms with Crippen LogP contribution in [0.25, 0.3) is 17.3 Å². The Bertz CT molecular complexity index is 1070. The van der Waals surface area contributed by atoms with Gasteiger partial charge in [0, 0.05) is 17.4 Å². The van der Waals surface area contributed by atoms with Crippen LogP contribution in [0.5, 0.6) is 5.88 Å².